The molecule has 0 bridgehead atoms. The van der Waals surface area contributed by atoms with Gasteiger partial charge in [0.2, 0.25) is 0 Å². The number of methoxy groups -OCH3 is 1. The predicted octanol–water partition coefficient (Wildman–Crippen LogP) is 5.71. The molecular formula is C25H35F3N2O5SSi. The molecule has 0 spiro atoms. The van der Waals surface area contributed by atoms with Gasteiger partial charge >= 0.3 is 12.1 Å². The number of nitrogens with zero attached hydrogens (tertiary/aromatic N) is 2. The predicted molar refractivity (Wildman–Crippen MR) is 139 cm³/mol. The lowest BCUT2D eigenvalue weighted by atomic mass is 9.84. The summed E-state index contributed by atoms with van der Waals surface area (Å²) in [5.41, 5.74) is -3.14. The van der Waals surface area contributed by atoms with Crippen LogP contribution in [0.1, 0.15) is 32.8 Å². The lowest BCUT2D eigenvalue weighted by Crippen LogP contribution is -2.48. The second kappa shape index (κ2) is 10.6. The van der Waals surface area contributed by atoms with Crippen LogP contribution in [0.3, 0.4) is 0 Å². The molecule has 0 N–H and O–H groups in total. The molecular weight excluding hydrogens is 525 g/mol. The highest BCUT2D eigenvalue weighted by Crippen LogP contribution is 2.67. The van der Waals surface area contributed by atoms with Crippen LogP contribution >= 0.6 is 11.8 Å². The SMILES string of the molecule is COC(=O)C12CC1C(CF)(c1cccc(F)c1F)N=C(N(COCC[Si](C)(C)C)C(=O)OC(C)(C)C)S2. The third-order valence-corrected chi connectivity index (χ3v) is 9.45. The number of aliphatic imine (C=N–C) groups is 1. The van der Waals surface area contributed by atoms with Crippen LogP contribution in [0.15, 0.2) is 23.2 Å². The molecule has 3 rings (SSSR count). The van der Waals surface area contributed by atoms with Crippen LogP contribution < -0.4 is 0 Å². The quantitative estimate of drug-likeness (QED) is 0.175. The Hall–Kier alpha value is -2.05. The molecule has 1 saturated carbocycles. The summed E-state index contributed by atoms with van der Waals surface area (Å²) >= 11 is 0.935. The standard InChI is InChI=1S/C25H35F3N2O5SSi/c1-23(2,3)35-22(32)30(15-34-11-12-37(5,6)7)21-29-24(14-26,16-9-8-10-17(27)19(16)28)18-13-25(18,36-21)20(31)33-4/h8-10,18H,11-15H2,1-7H3. The molecule has 37 heavy (non-hydrogen) atoms. The van der Waals surface area contributed by atoms with Crippen LogP contribution in [0.2, 0.25) is 25.7 Å². The van der Waals surface area contributed by atoms with Gasteiger partial charge < -0.3 is 14.2 Å². The lowest BCUT2D eigenvalue weighted by Gasteiger charge is -2.37. The minimum Gasteiger partial charge on any atom is -0.468 e. The van der Waals surface area contributed by atoms with E-state index in [1.54, 1.807) is 20.8 Å². The average Bonchev–Trinajstić information content (AvgIpc) is 3.54. The van der Waals surface area contributed by atoms with E-state index in [1.807, 2.05) is 0 Å². The van der Waals surface area contributed by atoms with Crippen LogP contribution in [-0.4, -0.2) is 67.7 Å². The third kappa shape index (κ3) is 6.17. The van der Waals surface area contributed by atoms with E-state index >= 15 is 4.39 Å². The van der Waals surface area contributed by atoms with Crippen molar-refractivity contribution in [2.75, 3.05) is 27.1 Å². The minimum absolute atomic E-state index is 0.0808. The van der Waals surface area contributed by atoms with E-state index in [-0.39, 0.29) is 23.9 Å². The number of benzene rings is 1. The van der Waals surface area contributed by atoms with Crippen molar-refractivity contribution in [1.29, 1.82) is 0 Å². The van der Waals surface area contributed by atoms with Gasteiger partial charge in [-0.3, -0.25) is 4.79 Å². The van der Waals surface area contributed by atoms with Gasteiger partial charge in [0.1, 0.15) is 29.3 Å². The normalized spacial score (nSPS) is 25.1. The topological polar surface area (TPSA) is 77.4 Å². The molecule has 3 atom stereocenters. The van der Waals surface area contributed by atoms with Crippen LogP contribution in [-0.2, 0) is 24.5 Å². The van der Waals surface area contributed by atoms with E-state index in [0.717, 1.165) is 28.8 Å². The summed E-state index contributed by atoms with van der Waals surface area (Å²) in [6.45, 7) is 10.5. The summed E-state index contributed by atoms with van der Waals surface area (Å²) in [5, 5.41) is -0.0808. The highest BCUT2D eigenvalue weighted by molar-refractivity contribution is 8.15. The van der Waals surface area contributed by atoms with E-state index in [4.69, 9.17) is 14.2 Å². The van der Waals surface area contributed by atoms with Crippen molar-refractivity contribution in [2.45, 2.75) is 68.8 Å². The first-order valence-corrected chi connectivity index (χ1v) is 16.6. The summed E-state index contributed by atoms with van der Waals surface area (Å²) in [6, 6.07) is 4.26. The second-order valence-corrected chi connectivity index (χ2v) is 18.5. The number of thioether (sulfide) groups is 1. The van der Waals surface area contributed by atoms with Gasteiger partial charge in [0.05, 0.1) is 7.11 Å². The number of esters is 1. The maximum absolute atomic E-state index is 15.0. The zero-order valence-corrected chi connectivity index (χ0v) is 24.1. The number of carbonyl (C=O) groups excluding carboxylic acids is 2. The summed E-state index contributed by atoms with van der Waals surface area (Å²) in [6.07, 6.45) is -0.714. The van der Waals surface area contributed by atoms with Gasteiger partial charge in [0.15, 0.2) is 16.8 Å². The molecule has 1 aliphatic heterocycles. The zero-order valence-electron chi connectivity index (χ0n) is 22.3. The summed E-state index contributed by atoms with van der Waals surface area (Å²) in [4.78, 5) is 31.8. The average molecular weight is 561 g/mol. The molecule has 7 nitrogen and oxygen atoms in total. The number of alkyl halides is 1. The number of halogens is 3. The molecule has 1 aliphatic carbocycles. The zero-order chi connectivity index (χ0) is 27.8. The van der Waals surface area contributed by atoms with Crippen molar-refractivity contribution in [3.8, 4) is 0 Å². The van der Waals surface area contributed by atoms with Gasteiger partial charge in [-0.25, -0.2) is 27.9 Å². The van der Waals surface area contributed by atoms with Gasteiger partial charge in [-0.15, -0.1) is 0 Å². The van der Waals surface area contributed by atoms with Crippen molar-refractivity contribution in [1.82, 2.24) is 4.90 Å². The number of fused-ring (bicyclic) bond motifs is 1. The highest BCUT2D eigenvalue weighted by atomic mass is 32.2. The van der Waals surface area contributed by atoms with Gasteiger partial charge in [-0.1, -0.05) is 43.5 Å². The lowest BCUT2D eigenvalue weighted by molar-refractivity contribution is -0.141. The van der Waals surface area contributed by atoms with Gasteiger partial charge in [-0.05, 0) is 39.3 Å². The molecule has 0 aromatic heterocycles. The Labute approximate surface area is 221 Å². The van der Waals surface area contributed by atoms with Gasteiger partial charge in [-0.2, -0.15) is 0 Å². The third-order valence-electron chi connectivity index (χ3n) is 6.27. The van der Waals surface area contributed by atoms with Crippen LogP contribution in [0.4, 0.5) is 18.0 Å². The maximum atomic E-state index is 15.0. The van der Waals surface area contributed by atoms with E-state index in [0.29, 0.717) is 6.61 Å². The van der Waals surface area contributed by atoms with Gasteiger partial charge in [0.25, 0.3) is 0 Å². The van der Waals surface area contributed by atoms with Crippen molar-refractivity contribution in [3.05, 3.63) is 35.4 Å². The molecule has 2 aliphatic rings. The van der Waals surface area contributed by atoms with E-state index < -0.39 is 60.3 Å². The number of carbonyl (C=O) groups is 2. The monoisotopic (exact) mass is 560 g/mol. The van der Waals surface area contributed by atoms with E-state index in [9.17, 15) is 18.4 Å². The first kappa shape index (κ1) is 29.5. The maximum Gasteiger partial charge on any atom is 0.418 e. The number of amidine groups is 1. The molecule has 3 unspecified atom stereocenters. The summed E-state index contributed by atoms with van der Waals surface area (Å²) in [7, 11) is -0.240. The molecule has 0 saturated heterocycles. The Balaban J connectivity index is 2.10. The fraction of sp³-hybridized carbons (Fsp3) is 0.640. The first-order valence-electron chi connectivity index (χ1n) is 12.1. The highest BCUT2D eigenvalue weighted by Gasteiger charge is 2.74. The Morgan fingerprint density at radius 2 is 1.92 bits per heavy atom. The molecule has 1 fully saturated rings. The molecule has 1 aromatic carbocycles. The van der Waals surface area contributed by atoms with Crippen molar-refractivity contribution >= 4 is 37.1 Å². The smallest absolute Gasteiger partial charge is 0.418 e. The summed E-state index contributed by atoms with van der Waals surface area (Å²) in [5.74, 6) is -3.89. The number of rotatable bonds is 8. The Kier molecular flexibility index (Phi) is 8.46. The van der Waals surface area contributed by atoms with Crippen molar-refractivity contribution in [3.63, 3.8) is 0 Å². The first-order chi connectivity index (χ1) is 17.1. The number of ether oxygens (including phenoxy) is 3. The molecule has 1 aromatic rings. The summed E-state index contributed by atoms with van der Waals surface area (Å²) < 4.78 is 59.3. The molecule has 0 radical (unpaired) electrons. The fourth-order valence-corrected chi connectivity index (χ4v) is 6.50. The number of hydrogen-bond donors (Lipinski definition) is 0. The molecule has 12 heteroatoms. The Bertz CT molecular complexity index is 1080. The number of hydrogen-bond acceptors (Lipinski definition) is 7. The fourth-order valence-electron chi connectivity index (χ4n) is 4.22. The van der Waals surface area contributed by atoms with Crippen molar-refractivity contribution < 1.29 is 37.0 Å². The molecule has 1 heterocycles. The minimum atomic E-state index is -1.94. The van der Waals surface area contributed by atoms with Crippen LogP contribution in [0, 0.1) is 17.6 Å². The van der Waals surface area contributed by atoms with Gasteiger partial charge in [0, 0.05) is 26.2 Å². The number of amides is 1. The molecule has 1 amide bonds. The Morgan fingerprint density at radius 3 is 2.49 bits per heavy atom. The van der Waals surface area contributed by atoms with E-state index in [2.05, 4.69) is 24.6 Å². The molecule has 206 valence electrons. The Morgan fingerprint density at radius 1 is 1.24 bits per heavy atom. The van der Waals surface area contributed by atoms with E-state index in [1.165, 1.54) is 19.2 Å². The second-order valence-electron chi connectivity index (χ2n) is 11.5. The van der Waals surface area contributed by atoms with Crippen molar-refractivity contribution in [2.24, 2.45) is 10.9 Å². The largest absolute Gasteiger partial charge is 0.468 e. The van der Waals surface area contributed by atoms with Crippen LogP contribution in [0.25, 0.3) is 0 Å². The van der Waals surface area contributed by atoms with Crippen LogP contribution in [0.5, 0.6) is 0 Å².